The van der Waals surface area contributed by atoms with Crippen LogP contribution in [0.4, 0.5) is 0 Å². The molecular formula is C12H27NO. The fourth-order valence-electron chi connectivity index (χ4n) is 1.47. The molecule has 1 atom stereocenters. The minimum Gasteiger partial charge on any atom is -0.375 e. The van der Waals surface area contributed by atoms with Crippen molar-refractivity contribution in [1.29, 1.82) is 0 Å². The monoisotopic (exact) mass is 201 g/mol. The molecular weight excluding hydrogens is 174 g/mol. The maximum atomic E-state index is 5.93. The second-order valence-corrected chi connectivity index (χ2v) is 4.25. The van der Waals surface area contributed by atoms with Crippen molar-refractivity contribution in [3.05, 3.63) is 0 Å². The van der Waals surface area contributed by atoms with E-state index in [4.69, 9.17) is 10.5 Å². The van der Waals surface area contributed by atoms with E-state index in [0.717, 1.165) is 32.4 Å². The summed E-state index contributed by atoms with van der Waals surface area (Å²) >= 11 is 0. The standard InChI is InChI=1S/C12H27NO/c1-4-6-9-12(3,5-2)14-11-8-7-10-13/h4-11,13H2,1-3H3. The number of hydrogen-bond donors (Lipinski definition) is 1. The average Bonchev–Trinajstić information content (AvgIpc) is 2.22. The number of unbranched alkanes of at least 4 members (excludes halogenated alkanes) is 2. The summed E-state index contributed by atoms with van der Waals surface area (Å²) in [6.07, 6.45) is 6.98. The molecule has 0 fully saturated rings. The fraction of sp³-hybridized carbons (Fsp3) is 1.00. The SMILES string of the molecule is CCCCC(C)(CC)OCCCCN. The van der Waals surface area contributed by atoms with Gasteiger partial charge in [-0.2, -0.15) is 0 Å². The van der Waals surface area contributed by atoms with Crippen LogP contribution >= 0.6 is 0 Å². The first-order valence-corrected chi connectivity index (χ1v) is 6.02. The van der Waals surface area contributed by atoms with Crippen molar-refractivity contribution in [2.24, 2.45) is 5.73 Å². The van der Waals surface area contributed by atoms with Crippen LogP contribution < -0.4 is 5.73 Å². The third-order valence-electron chi connectivity index (χ3n) is 2.86. The first-order valence-electron chi connectivity index (χ1n) is 6.02. The van der Waals surface area contributed by atoms with Gasteiger partial charge in [-0.05, 0) is 39.2 Å². The first kappa shape index (κ1) is 13.9. The Labute approximate surface area is 89.2 Å². The number of hydrogen-bond acceptors (Lipinski definition) is 2. The van der Waals surface area contributed by atoms with Crippen LogP contribution in [0.1, 0.15) is 59.3 Å². The molecule has 0 aromatic heterocycles. The van der Waals surface area contributed by atoms with Crippen molar-refractivity contribution >= 4 is 0 Å². The van der Waals surface area contributed by atoms with Gasteiger partial charge < -0.3 is 10.5 Å². The lowest BCUT2D eigenvalue weighted by atomic mass is 9.96. The van der Waals surface area contributed by atoms with Crippen LogP contribution in [0.5, 0.6) is 0 Å². The maximum absolute atomic E-state index is 5.93. The van der Waals surface area contributed by atoms with E-state index in [1.807, 2.05) is 0 Å². The molecule has 0 saturated carbocycles. The van der Waals surface area contributed by atoms with E-state index in [2.05, 4.69) is 20.8 Å². The lowest BCUT2D eigenvalue weighted by Crippen LogP contribution is -2.28. The van der Waals surface area contributed by atoms with Gasteiger partial charge in [0.05, 0.1) is 5.60 Å². The minimum absolute atomic E-state index is 0.102. The summed E-state index contributed by atoms with van der Waals surface area (Å²) in [6, 6.07) is 0. The zero-order chi connectivity index (χ0) is 10.9. The molecule has 2 N–H and O–H groups in total. The highest BCUT2D eigenvalue weighted by molar-refractivity contribution is 4.72. The molecule has 0 bridgehead atoms. The third kappa shape index (κ3) is 6.39. The Kier molecular flexibility index (Phi) is 8.20. The molecule has 2 nitrogen and oxygen atoms in total. The average molecular weight is 201 g/mol. The quantitative estimate of drug-likeness (QED) is 0.582. The Hall–Kier alpha value is -0.0800. The van der Waals surface area contributed by atoms with Crippen LogP contribution in [0.25, 0.3) is 0 Å². The van der Waals surface area contributed by atoms with Crippen LogP contribution in [0.15, 0.2) is 0 Å². The Bertz CT molecular complexity index is 127. The molecule has 0 aliphatic heterocycles. The molecule has 1 unspecified atom stereocenters. The molecule has 0 heterocycles. The summed E-state index contributed by atoms with van der Waals surface area (Å²) in [7, 11) is 0. The van der Waals surface area contributed by atoms with Crippen LogP contribution in [0.3, 0.4) is 0 Å². The van der Waals surface area contributed by atoms with Gasteiger partial charge in [0.25, 0.3) is 0 Å². The molecule has 0 amide bonds. The molecule has 0 aliphatic carbocycles. The Morgan fingerprint density at radius 2 is 1.86 bits per heavy atom. The molecule has 0 aliphatic rings. The third-order valence-corrected chi connectivity index (χ3v) is 2.86. The smallest absolute Gasteiger partial charge is 0.0651 e. The minimum atomic E-state index is 0.102. The summed E-state index contributed by atoms with van der Waals surface area (Å²) in [5, 5.41) is 0. The predicted molar refractivity (Wildman–Crippen MR) is 62.5 cm³/mol. The highest BCUT2D eigenvalue weighted by Crippen LogP contribution is 2.22. The molecule has 0 radical (unpaired) electrons. The number of rotatable bonds is 9. The van der Waals surface area contributed by atoms with Gasteiger partial charge in [-0.15, -0.1) is 0 Å². The zero-order valence-electron chi connectivity index (χ0n) is 10.1. The predicted octanol–water partition coefficient (Wildman–Crippen LogP) is 3.10. The van der Waals surface area contributed by atoms with E-state index in [0.29, 0.717) is 0 Å². The zero-order valence-corrected chi connectivity index (χ0v) is 10.1. The number of ether oxygens (including phenoxy) is 1. The van der Waals surface area contributed by atoms with E-state index in [9.17, 15) is 0 Å². The summed E-state index contributed by atoms with van der Waals surface area (Å²) in [5.74, 6) is 0. The fourth-order valence-corrected chi connectivity index (χ4v) is 1.47. The van der Waals surface area contributed by atoms with Gasteiger partial charge in [0.15, 0.2) is 0 Å². The first-order chi connectivity index (χ1) is 6.68. The number of nitrogens with two attached hydrogens (primary N) is 1. The highest BCUT2D eigenvalue weighted by Gasteiger charge is 2.21. The van der Waals surface area contributed by atoms with E-state index in [1.54, 1.807) is 0 Å². The van der Waals surface area contributed by atoms with Crippen LogP contribution in [0.2, 0.25) is 0 Å². The van der Waals surface area contributed by atoms with Gasteiger partial charge in [-0.1, -0.05) is 26.7 Å². The van der Waals surface area contributed by atoms with Crippen molar-refractivity contribution in [1.82, 2.24) is 0 Å². The van der Waals surface area contributed by atoms with Crippen LogP contribution in [0, 0.1) is 0 Å². The molecule has 0 aromatic carbocycles. The van der Waals surface area contributed by atoms with Gasteiger partial charge in [-0.3, -0.25) is 0 Å². The van der Waals surface area contributed by atoms with E-state index < -0.39 is 0 Å². The Morgan fingerprint density at radius 3 is 2.36 bits per heavy atom. The molecule has 14 heavy (non-hydrogen) atoms. The summed E-state index contributed by atoms with van der Waals surface area (Å²) < 4.78 is 5.93. The second-order valence-electron chi connectivity index (χ2n) is 4.25. The van der Waals surface area contributed by atoms with Crippen molar-refractivity contribution in [2.45, 2.75) is 64.9 Å². The summed E-state index contributed by atoms with van der Waals surface area (Å²) in [6.45, 7) is 8.31. The Balaban J connectivity index is 3.63. The lowest BCUT2D eigenvalue weighted by molar-refractivity contribution is -0.0429. The highest BCUT2D eigenvalue weighted by atomic mass is 16.5. The summed E-state index contributed by atoms with van der Waals surface area (Å²) in [4.78, 5) is 0. The molecule has 2 heteroatoms. The summed E-state index contributed by atoms with van der Waals surface area (Å²) in [5.41, 5.74) is 5.54. The molecule has 0 aromatic rings. The van der Waals surface area contributed by atoms with Gasteiger partial charge >= 0.3 is 0 Å². The van der Waals surface area contributed by atoms with Crippen LogP contribution in [-0.2, 0) is 4.74 Å². The molecule has 86 valence electrons. The normalized spacial score (nSPS) is 15.4. The van der Waals surface area contributed by atoms with Gasteiger partial charge in [0.1, 0.15) is 0 Å². The van der Waals surface area contributed by atoms with E-state index >= 15 is 0 Å². The van der Waals surface area contributed by atoms with Crippen molar-refractivity contribution in [3.63, 3.8) is 0 Å². The van der Waals surface area contributed by atoms with Gasteiger partial charge in [-0.25, -0.2) is 0 Å². The van der Waals surface area contributed by atoms with Crippen molar-refractivity contribution < 1.29 is 4.74 Å². The van der Waals surface area contributed by atoms with Gasteiger partial charge in [0, 0.05) is 6.61 Å². The Morgan fingerprint density at radius 1 is 1.14 bits per heavy atom. The maximum Gasteiger partial charge on any atom is 0.0651 e. The molecule has 0 spiro atoms. The van der Waals surface area contributed by atoms with E-state index in [1.165, 1.54) is 19.3 Å². The lowest BCUT2D eigenvalue weighted by Gasteiger charge is -2.28. The van der Waals surface area contributed by atoms with Crippen molar-refractivity contribution in [2.75, 3.05) is 13.2 Å². The largest absolute Gasteiger partial charge is 0.375 e. The van der Waals surface area contributed by atoms with Crippen molar-refractivity contribution in [3.8, 4) is 0 Å². The topological polar surface area (TPSA) is 35.2 Å². The van der Waals surface area contributed by atoms with Crippen LogP contribution in [-0.4, -0.2) is 18.8 Å². The van der Waals surface area contributed by atoms with Gasteiger partial charge in [0.2, 0.25) is 0 Å². The van der Waals surface area contributed by atoms with E-state index in [-0.39, 0.29) is 5.60 Å². The molecule has 0 saturated heterocycles. The second kappa shape index (κ2) is 8.25. The molecule has 0 rings (SSSR count).